The van der Waals surface area contributed by atoms with Crippen molar-refractivity contribution >= 4 is 20.9 Å². The van der Waals surface area contributed by atoms with E-state index >= 15 is 0 Å². The van der Waals surface area contributed by atoms with E-state index in [-0.39, 0.29) is 16.2 Å². The molecule has 154 valence electrons. The van der Waals surface area contributed by atoms with Gasteiger partial charge in [0.15, 0.2) is 0 Å². The van der Waals surface area contributed by atoms with Gasteiger partial charge in [-0.15, -0.1) is 0 Å². The molecule has 6 heteroatoms. The Kier molecular flexibility index (Phi) is 4.90. The summed E-state index contributed by atoms with van der Waals surface area (Å²) in [6, 6.07) is 22.0. The molecule has 4 aromatic rings. The average molecular weight is 421 g/mol. The molecular formula is C24H24N2O3S. The van der Waals surface area contributed by atoms with Crippen LogP contribution in [0.15, 0.2) is 77.7 Å². The molecule has 0 aliphatic heterocycles. The molecule has 0 saturated carbocycles. The summed E-state index contributed by atoms with van der Waals surface area (Å²) in [4.78, 5) is 0.107. The van der Waals surface area contributed by atoms with Crippen LogP contribution in [0.2, 0.25) is 0 Å². The van der Waals surface area contributed by atoms with Crippen LogP contribution < -0.4 is 4.18 Å². The highest BCUT2D eigenvalue weighted by Gasteiger charge is 2.25. The van der Waals surface area contributed by atoms with Crippen molar-refractivity contribution in [3.05, 3.63) is 84.1 Å². The van der Waals surface area contributed by atoms with Gasteiger partial charge in [-0.25, -0.2) is 0 Å². The molecule has 0 aliphatic rings. The average Bonchev–Trinajstić information content (AvgIpc) is 3.12. The second-order valence-corrected chi connectivity index (χ2v) is 9.96. The fourth-order valence-corrected chi connectivity index (χ4v) is 4.09. The zero-order valence-corrected chi connectivity index (χ0v) is 18.3. The number of hydrogen-bond acceptors (Lipinski definition) is 4. The lowest BCUT2D eigenvalue weighted by Crippen LogP contribution is -2.13. The van der Waals surface area contributed by atoms with E-state index in [0.29, 0.717) is 0 Å². The second-order valence-electron chi connectivity index (χ2n) is 8.41. The molecular weight excluding hydrogens is 396 g/mol. The first-order chi connectivity index (χ1) is 14.1. The highest BCUT2D eigenvalue weighted by atomic mass is 32.2. The molecule has 0 radical (unpaired) electrons. The van der Waals surface area contributed by atoms with Crippen molar-refractivity contribution in [3.63, 3.8) is 0 Å². The number of aryl methyl sites for hydroxylation is 1. The highest BCUT2D eigenvalue weighted by Crippen LogP contribution is 2.30. The Labute approximate surface area is 177 Å². The van der Waals surface area contributed by atoms with Crippen LogP contribution in [0.5, 0.6) is 5.88 Å². The fourth-order valence-electron chi connectivity index (χ4n) is 3.14. The lowest BCUT2D eigenvalue weighted by atomic mass is 9.93. The summed E-state index contributed by atoms with van der Waals surface area (Å²) in [7, 11) is -4.04. The normalized spacial score (nSPS) is 12.3. The predicted molar refractivity (Wildman–Crippen MR) is 119 cm³/mol. The molecule has 30 heavy (non-hydrogen) atoms. The van der Waals surface area contributed by atoms with E-state index in [2.05, 4.69) is 5.10 Å². The van der Waals surface area contributed by atoms with E-state index in [9.17, 15) is 8.42 Å². The molecule has 0 saturated heterocycles. The van der Waals surface area contributed by atoms with Crippen LogP contribution in [0.4, 0.5) is 0 Å². The molecule has 4 rings (SSSR count). The Balaban J connectivity index is 1.78. The summed E-state index contributed by atoms with van der Waals surface area (Å²) in [5.41, 5.74) is 2.32. The van der Waals surface area contributed by atoms with Gasteiger partial charge in [0.1, 0.15) is 4.90 Å². The molecule has 1 heterocycles. The van der Waals surface area contributed by atoms with Crippen LogP contribution in [-0.4, -0.2) is 18.2 Å². The van der Waals surface area contributed by atoms with E-state index in [4.69, 9.17) is 4.18 Å². The first kappa shape index (κ1) is 20.2. The smallest absolute Gasteiger partial charge is 0.340 e. The molecule has 1 aromatic heterocycles. The van der Waals surface area contributed by atoms with Gasteiger partial charge in [-0.1, -0.05) is 68.8 Å². The maximum absolute atomic E-state index is 13.1. The minimum absolute atomic E-state index is 0.107. The van der Waals surface area contributed by atoms with Gasteiger partial charge in [0.2, 0.25) is 5.88 Å². The summed E-state index contributed by atoms with van der Waals surface area (Å²) < 4.78 is 33.3. The quantitative estimate of drug-likeness (QED) is 0.415. The van der Waals surface area contributed by atoms with Crippen molar-refractivity contribution in [2.24, 2.45) is 0 Å². The molecule has 0 unspecified atom stereocenters. The lowest BCUT2D eigenvalue weighted by molar-refractivity contribution is 0.465. The monoisotopic (exact) mass is 420 g/mol. The highest BCUT2D eigenvalue weighted by molar-refractivity contribution is 7.87. The Morgan fingerprint density at radius 3 is 2.20 bits per heavy atom. The van der Waals surface area contributed by atoms with Crippen LogP contribution in [0.1, 0.15) is 32.0 Å². The summed E-state index contributed by atoms with van der Waals surface area (Å²) in [6.07, 6.45) is 0. The molecule has 0 spiro atoms. The molecule has 0 fully saturated rings. The van der Waals surface area contributed by atoms with E-state index in [1.807, 2.05) is 76.2 Å². The standard InChI is InChI=1S/C24H24N2O3S/c1-17-9-12-20(13-10-17)26-23(16-22(25-26)24(2,3)4)29-30(27,28)21-14-11-18-7-5-6-8-19(18)15-21/h5-16H,1-4H3. The number of aromatic nitrogens is 2. The first-order valence-corrected chi connectivity index (χ1v) is 11.2. The van der Waals surface area contributed by atoms with Gasteiger partial charge in [-0.3, -0.25) is 0 Å². The van der Waals surface area contributed by atoms with Crippen molar-refractivity contribution in [1.82, 2.24) is 9.78 Å². The van der Waals surface area contributed by atoms with Gasteiger partial charge < -0.3 is 4.18 Å². The molecule has 0 amide bonds. The number of benzene rings is 3. The summed E-state index contributed by atoms with van der Waals surface area (Å²) in [5, 5.41) is 6.44. The van der Waals surface area contributed by atoms with Gasteiger partial charge in [0.25, 0.3) is 0 Å². The van der Waals surface area contributed by atoms with Gasteiger partial charge in [-0.2, -0.15) is 18.2 Å². The third-order valence-corrected chi connectivity index (χ3v) is 6.15. The van der Waals surface area contributed by atoms with Gasteiger partial charge in [0, 0.05) is 11.5 Å². The third-order valence-electron chi connectivity index (χ3n) is 4.93. The van der Waals surface area contributed by atoms with E-state index in [1.165, 1.54) is 0 Å². The number of nitrogens with zero attached hydrogens (tertiary/aromatic N) is 2. The van der Waals surface area contributed by atoms with Gasteiger partial charge in [0.05, 0.1) is 11.4 Å². The van der Waals surface area contributed by atoms with Crippen LogP contribution in [-0.2, 0) is 15.5 Å². The topological polar surface area (TPSA) is 61.2 Å². The largest absolute Gasteiger partial charge is 0.358 e. The SMILES string of the molecule is Cc1ccc(-n2nc(C(C)(C)C)cc2OS(=O)(=O)c2ccc3ccccc3c2)cc1. The Bertz CT molecular complexity index is 1310. The molecule has 0 bridgehead atoms. The van der Waals surface area contributed by atoms with Gasteiger partial charge in [-0.05, 0) is 42.0 Å². The Morgan fingerprint density at radius 1 is 0.867 bits per heavy atom. The molecule has 5 nitrogen and oxygen atoms in total. The van der Waals surface area contributed by atoms with Crippen molar-refractivity contribution in [2.75, 3.05) is 0 Å². The maximum atomic E-state index is 13.1. The Morgan fingerprint density at radius 2 is 1.53 bits per heavy atom. The summed E-state index contributed by atoms with van der Waals surface area (Å²) in [5.74, 6) is 0.164. The van der Waals surface area contributed by atoms with E-state index in [1.54, 1.807) is 28.9 Å². The number of fused-ring (bicyclic) bond motifs is 1. The summed E-state index contributed by atoms with van der Waals surface area (Å²) >= 11 is 0. The first-order valence-electron chi connectivity index (χ1n) is 9.74. The van der Waals surface area contributed by atoms with E-state index < -0.39 is 10.1 Å². The molecule has 0 atom stereocenters. The molecule has 3 aromatic carbocycles. The zero-order valence-electron chi connectivity index (χ0n) is 17.5. The van der Waals surface area contributed by atoms with Crippen molar-refractivity contribution < 1.29 is 12.6 Å². The van der Waals surface area contributed by atoms with Crippen LogP contribution in [0, 0.1) is 6.92 Å². The number of hydrogen-bond donors (Lipinski definition) is 0. The van der Waals surface area contributed by atoms with Crippen molar-refractivity contribution in [2.45, 2.75) is 38.0 Å². The molecule has 0 N–H and O–H groups in total. The Hall–Kier alpha value is -3.12. The van der Waals surface area contributed by atoms with Crippen LogP contribution >= 0.6 is 0 Å². The van der Waals surface area contributed by atoms with Crippen LogP contribution in [0.3, 0.4) is 0 Å². The second kappa shape index (κ2) is 7.29. The van der Waals surface area contributed by atoms with E-state index in [0.717, 1.165) is 27.7 Å². The predicted octanol–water partition coefficient (Wildman–Crippen LogP) is 5.40. The van der Waals surface area contributed by atoms with Crippen LogP contribution in [0.25, 0.3) is 16.5 Å². The minimum Gasteiger partial charge on any atom is -0.358 e. The lowest BCUT2D eigenvalue weighted by Gasteiger charge is -2.13. The summed E-state index contributed by atoms with van der Waals surface area (Å²) in [6.45, 7) is 8.07. The third kappa shape index (κ3) is 3.96. The molecule has 0 aliphatic carbocycles. The maximum Gasteiger partial charge on any atom is 0.340 e. The van der Waals surface area contributed by atoms with Crippen molar-refractivity contribution in [1.29, 1.82) is 0 Å². The van der Waals surface area contributed by atoms with Crippen molar-refractivity contribution in [3.8, 4) is 11.6 Å². The minimum atomic E-state index is -4.04. The zero-order chi connectivity index (χ0) is 21.5. The fraction of sp³-hybridized carbons (Fsp3) is 0.208. The number of rotatable bonds is 4. The van der Waals surface area contributed by atoms with Gasteiger partial charge >= 0.3 is 10.1 Å².